The molecule has 0 saturated heterocycles. The molecule has 0 atom stereocenters. The molecule has 0 aromatic carbocycles. The summed E-state index contributed by atoms with van der Waals surface area (Å²) in [5.41, 5.74) is 6.60. The molecule has 2 N–H and O–H groups in total. The first-order valence-corrected chi connectivity index (χ1v) is 5.42. The Kier molecular flexibility index (Phi) is 4.65. The average molecular weight is 223 g/mol. The zero-order chi connectivity index (χ0) is 11.3. The van der Waals surface area contributed by atoms with Gasteiger partial charge in [-0.05, 0) is 26.0 Å². The van der Waals surface area contributed by atoms with Crippen LogP contribution in [0.5, 0.6) is 0 Å². The van der Waals surface area contributed by atoms with Crippen LogP contribution in [0.25, 0.3) is 0 Å². The van der Waals surface area contributed by atoms with E-state index in [-0.39, 0.29) is 0 Å². The molecule has 0 aliphatic heterocycles. The Morgan fingerprint density at radius 1 is 1.53 bits per heavy atom. The van der Waals surface area contributed by atoms with Crippen molar-refractivity contribution in [2.75, 3.05) is 6.54 Å². The van der Waals surface area contributed by atoms with E-state index in [1.807, 2.05) is 18.2 Å². The maximum absolute atomic E-state index is 5.55. The molecule has 0 unspecified atom stereocenters. The van der Waals surface area contributed by atoms with Gasteiger partial charge in [0.05, 0.1) is 10.7 Å². The van der Waals surface area contributed by atoms with Gasteiger partial charge in [0.2, 0.25) is 0 Å². The van der Waals surface area contributed by atoms with Gasteiger partial charge in [0.15, 0.2) is 0 Å². The van der Waals surface area contributed by atoms with Crippen LogP contribution in [0.15, 0.2) is 24.4 Å². The van der Waals surface area contributed by atoms with Crippen molar-refractivity contribution < 1.29 is 0 Å². The fourth-order valence-electron chi connectivity index (χ4n) is 1.32. The van der Waals surface area contributed by atoms with Gasteiger partial charge in [0.25, 0.3) is 0 Å². The van der Waals surface area contributed by atoms with Crippen LogP contribution in [0, 0.1) is 0 Å². The minimum Gasteiger partial charge on any atom is -0.392 e. The van der Waals surface area contributed by atoms with Crippen molar-refractivity contribution >= 4 is 17.2 Å². The Labute approximate surface area is 96.3 Å². The molecule has 0 aliphatic rings. The molecule has 0 spiro atoms. The fourth-order valence-corrected chi connectivity index (χ4v) is 1.49. The Balaban J connectivity index is 2.63. The summed E-state index contributed by atoms with van der Waals surface area (Å²) in [5.74, 6) is 0. The highest BCUT2D eigenvalue weighted by molar-refractivity contribution is 7.80. The average Bonchev–Trinajstić information content (AvgIpc) is 2.17. The van der Waals surface area contributed by atoms with Crippen molar-refractivity contribution in [3.05, 3.63) is 30.1 Å². The van der Waals surface area contributed by atoms with Crippen LogP contribution >= 0.6 is 12.2 Å². The van der Waals surface area contributed by atoms with E-state index < -0.39 is 0 Å². The van der Waals surface area contributed by atoms with Crippen LogP contribution in [0.3, 0.4) is 0 Å². The molecule has 0 saturated carbocycles. The minimum atomic E-state index is 0.411. The largest absolute Gasteiger partial charge is 0.392 e. The predicted octanol–water partition coefficient (Wildman–Crippen LogP) is 1.58. The van der Waals surface area contributed by atoms with Gasteiger partial charge in [-0.2, -0.15) is 0 Å². The second-order valence-corrected chi connectivity index (χ2v) is 4.31. The summed E-state index contributed by atoms with van der Waals surface area (Å²) < 4.78 is 0. The summed E-state index contributed by atoms with van der Waals surface area (Å²) in [6.45, 7) is 5.68. The van der Waals surface area contributed by atoms with Crippen LogP contribution < -0.4 is 5.73 Å². The Bertz CT molecular complexity index is 311. The lowest BCUT2D eigenvalue weighted by atomic mass is 10.2. The SMILES string of the molecule is CC(C)N(CC(N)=S)Cc1ccccn1. The normalized spacial score (nSPS) is 10.9. The number of pyridine rings is 1. The maximum Gasteiger partial charge on any atom is 0.0870 e. The number of nitrogens with two attached hydrogens (primary N) is 1. The molecule has 1 heterocycles. The van der Waals surface area contributed by atoms with Gasteiger partial charge in [0.1, 0.15) is 0 Å². The van der Waals surface area contributed by atoms with E-state index in [1.165, 1.54) is 0 Å². The fraction of sp³-hybridized carbons (Fsp3) is 0.455. The van der Waals surface area contributed by atoms with Gasteiger partial charge >= 0.3 is 0 Å². The van der Waals surface area contributed by atoms with Crippen molar-refractivity contribution in [2.45, 2.75) is 26.4 Å². The topological polar surface area (TPSA) is 42.1 Å². The molecule has 1 aromatic heterocycles. The summed E-state index contributed by atoms with van der Waals surface area (Å²) >= 11 is 4.92. The van der Waals surface area contributed by atoms with Gasteiger partial charge in [-0.15, -0.1) is 0 Å². The zero-order valence-corrected chi connectivity index (χ0v) is 10.00. The van der Waals surface area contributed by atoms with Gasteiger partial charge in [-0.3, -0.25) is 9.88 Å². The van der Waals surface area contributed by atoms with E-state index in [9.17, 15) is 0 Å². The number of hydrogen-bond acceptors (Lipinski definition) is 3. The first kappa shape index (κ1) is 12.1. The smallest absolute Gasteiger partial charge is 0.0870 e. The van der Waals surface area contributed by atoms with E-state index in [0.29, 0.717) is 17.6 Å². The quantitative estimate of drug-likeness (QED) is 0.770. The summed E-state index contributed by atoms with van der Waals surface area (Å²) in [7, 11) is 0. The van der Waals surface area contributed by atoms with Gasteiger partial charge < -0.3 is 5.73 Å². The molecule has 1 aromatic rings. The molecule has 0 bridgehead atoms. The molecule has 1 rings (SSSR count). The second kappa shape index (κ2) is 5.78. The maximum atomic E-state index is 5.55. The molecule has 0 fully saturated rings. The number of thiocarbonyl (C=S) groups is 1. The van der Waals surface area contributed by atoms with Crippen molar-refractivity contribution in [3.8, 4) is 0 Å². The first-order chi connectivity index (χ1) is 7.09. The summed E-state index contributed by atoms with van der Waals surface area (Å²) in [4.78, 5) is 7.01. The van der Waals surface area contributed by atoms with Crippen LogP contribution in [0.1, 0.15) is 19.5 Å². The highest BCUT2D eigenvalue weighted by Gasteiger charge is 2.11. The lowest BCUT2D eigenvalue weighted by molar-refractivity contribution is 0.242. The van der Waals surface area contributed by atoms with Crippen LogP contribution in [0.2, 0.25) is 0 Å². The molecule has 0 amide bonds. The molecular weight excluding hydrogens is 206 g/mol. The van der Waals surface area contributed by atoms with Crippen molar-refractivity contribution in [1.29, 1.82) is 0 Å². The van der Waals surface area contributed by atoms with E-state index in [4.69, 9.17) is 18.0 Å². The molecular formula is C11H17N3S. The van der Waals surface area contributed by atoms with Crippen LogP contribution in [-0.4, -0.2) is 27.5 Å². The molecule has 15 heavy (non-hydrogen) atoms. The highest BCUT2D eigenvalue weighted by Crippen LogP contribution is 2.05. The van der Waals surface area contributed by atoms with E-state index >= 15 is 0 Å². The standard InChI is InChI=1S/C11H17N3S/c1-9(2)14(8-11(12)15)7-10-5-3-4-6-13-10/h3-6,9H,7-8H2,1-2H3,(H2,12,15). The highest BCUT2D eigenvalue weighted by atomic mass is 32.1. The molecule has 0 aliphatic carbocycles. The number of rotatable bonds is 5. The zero-order valence-electron chi connectivity index (χ0n) is 9.18. The van der Waals surface area contributed by atoms with Gasteiger partial charge in [-0.1, -0.05) is 18.3 Å². The van der Waals surface area contributed by atoms with Crippen molar-refractivity contribution in [3.63, 3.8) is 0 Å². The lowest BCUT2D eigenvalue weighted by Crippen LogP contribution is -2.37. The summed E-state index contributed by atoms with van der Waals surface area (Å²) in [6, 6.07) is 6.32. The van der Waals surface area contributed by atoms with Crippen molar-refractivity contribution in [2.24, 2.45) is 5.73 Å². The van der Waals surface area contributed by atoms with E-state index in [1.54, 1.807) is 6.20 Å². The number of aromatic nitrogens is 1. The molecule has 0 radical (unpaired) electrons. The molecule has 3 nitrogen and oxygen atoms in total. The summed E-state index contributed by atoms with van der Waals surface area (Å²) in [5, 5.41) is 0. The third kappa shape index (κ3) is 4.36. The van der Waals surface area contributed by atoms with Gasteiger partial charge in [-0.25, -0.2) is 0 Å². The lowest BCUT2D eigenvalue weighted by Gasteiger charge is -2.25. The minimum absolute atomic E-state index is 0.411. The number of nitrogens with zero attached hydrogens (tertiary/aromatic N) is 2. The van der Waals surface area contributed by atoms with E-state index in [2.05, 4.69) is 23.7 Å². The van der Waals surface area contributed by atoms with Gasteiger partial charge in [0, 0.05) is 25.3 Å². The predicted molar refractivity (Wildman–Crippen MR) is 66.6 cm³/mol. The van der Waals surface area contributed by atoms with Crippen LogP contribution in [-0.2, 0) is 6.54 Å². The second-order valence-electron chi connectivity index (χ2n) is 3.79. The van der Waals surface area contributed by atoms with E-state index in [0.717, 1.165) is 12.2 Å². The number of hydrogen-bond donors (Lipinski definition) is 1. The molecule has 4 heteroatoms. The van der Waals surface area contributed by atoms with Crippen LogP contribution in [0.4, 0.5) is 0 Å². The molecule has 82 valence electrons. The monoisotopic (exact) mass is 223 g/mol. The Morgan fingerprint density at radius 2 is 2.27 bits per heavy atom. The third-order valence-corrected chi connectivity index (χ3v) is 2.31. The summed E-state index contributed by atoms with van der Waals surface area (Å²) in [6.07, 6.45) is 1.80. The Hall–Kier alpha value is -1.00. The third-order valence-electron chi connectivity index (χ3n) is 2.18. The Morgan fingerprint density at radius 3 is 2.73 bits per heavy atom. The first-order valence-electron chi connectivity index (χ1n) is 5.02. The van der Waals surface area contributed by atoms with Crippen molar-refractivity contribution in [1.82, 2.24) is 9.88 Å².